The van der Waals surface area contributed by atoms with Crippen LogP contribution in [0.5, 0.6) is 0 Å². The third-order valence-electron chi connectivity index (χ3n) is 5.67. The number of halogens is 2. The second-order valence-electron chi connectivity index (χ2n) is 8.80. The number of allylic oxidation sites excluding steroid dienone is 5. The molecule has 196 valence electrons. The Morgan fingerprint density at radius 2 is 1.86 bits per heavy atom. The van der Waals surface area contributed by atoms with E-state index in [4.69, 9.17) is 11.6 Å². The van der Waals surface area contributed by atoms with Crippen molar-refractivity contribution >= 4 is 28.4 Å². The third-order valence-corrected chi connectivity index (χ3v) is 6.09. The highest BCUT2D eigenvalue weighted by Gasteiger charge is 2.14. The van der Waals surface area contributed by atoms with Crippen LogP contribution in [-0.4, -0.2) is 23.3 Å². The fourth-order valence-electron chi connectivity index (χ4n) is 3.64. The van der Waals surface area contributed by atoms with Crippen LogP contribution >= 0.6 is 11.6 Å². The van der Waals surface area contributed by atoms with E-state index in [1.165, 1.54) is 19.2 Å². The largest absolute Gasteiger partial charge is 0.353 e. The number of hydrogen-bond donors (Lipinski definition) is 2. The maximum Gasteiger partial charge on any atom is 0.253 e. The number of nitrogens with one attached hydrogen (secondary N) is 2. The quantitative estimate of drug-likeness (QED) is 0.314. The minimum absolute atomic E-state index is 0.0262. The van der Waals surface area contributed by atoms with Crippen LogP contribution in [0.1, 0.15) is 66.7 Å². The van der Waals surface area contributed by atoms with Crippen LogP contribution in [0.25, 0.3) is 5.03 Å². The Hall–Kier alpha value is -3.51. The van der Waals surface area contributed by atoms with Gasteiger partial charge in [-0.05, 0) is 67.2 Å². The summed E-state index contributed by atoms with van der Waals surface area (Å²) in [6, 6.07) is 4.97. The lowest BCUT2D eigenvalue weighted by molar-refractivity contribution is -0.118. The lowest BCUT2D eigenvalue weighted by Crippen LogP contribution is -2.24. The van der Waals surface area contributed by atoms with Crippen molar-refractivity contribution in [2.75, 3.05) is 6.54 Å². The molecule has 2 amide bonds. The number of aryl methyl sites for hydroxylation is 1. The van der Waals surface area contributed by atoms with E-state index in [-0.39, 0.29) is 24.2 Å². The van der Waals surface area contributed by atoms with Gasteiger partial charge in [-0.3, -0.25) is 14.6 Å². The average Bonchev–Trinajstić information content (AvgIpc) is 2.89. The first kappa shape index (κ1) is 29.7. The highest BCUT2D eigenvalue weighted by Crippen LogP contribution is 2.27. The Bertz CT molecular complexity index is 1230. The van der Waals surface area contributed by atoms with Gasteiger partial charge in [0, 0.05) is 43.0 Å². The Balaban J connectivity index is 2.13. The van der Waals surface area contributed by atoms with Crippen LogP contribution in [0.4, 0.5) is 4.39 Å². The Morgan fingerprint density at radius 3 is 2.51 bits per heavy atom. The van der Waals surface area contributed by atoms with Crippen molar-refractivity contribution in [2.24, 2.45) is 0 Å². The molecule has 37 heavy (non-hydrogen) atoms. The van der Waals surface area contributed by atoms with Crippen molar-refractivity contribution < 1.29 is 14.0 Å². The van der Waals surface area contributed by atoms with E-state index >= 15 is 0 Å². The van der Waals surface area contributed by atoms with Crippen LogP contribution in [0.2, 0.25) is 0 Å². The fraction of sp³-hybridized carbons (Fsp3) is 0.300. The molecule has 0 spiro atoms. The Morgan fingerprint density at radius 1 is 1.11 bits per heavy atom. The van der Waals surface area contributed by atoms with E-state index in [2.05, 4.69) is 22.2 Å². The number of amides is 2. The van der Waals surface area contributed by atoms with Crippen molar-refractivity contribution in [1.82, 2.24) is 15.6 Å². The first-order chi connectivity index (χ1) is 17.7. The molecule has 0 radical (unpaired) electrons. The number of aromatic nitrogens is 1. The highest BCUT2D eigenvalue weighted by molar-refractivity contribution is 6.48. The predicted molar refractivity (Wildman–Crippen MR) is 150 cm³/mol. The molecule has 0 saturated carbocycles. The Labute approximate surface area is 224 Å². The second kappa shape index (κ2) is 14.9. The number of carbonyl (C=O) groups excluding carboxylic acids is 2. The van der Waals surface area contributed by atoms with E-state index in [9.17, 15) is 14.0 Å². The lowest BCUT2D eigenvalue weighted by Gasteiger charge is -2.13. The molecule has 0 saturated heterocycles. The van der Waals surface area contributed by atoms with Gasteiger partial charge in [0.2, 0.25) is 5.91 Å². The SMILES string of the molecule is C=C/C(=C\C=C(/C)CNC(C)=O)Cc1cncc(C(=O)NCc2cc(/C(Cl)=C\C)c(CCC)cc2F)c1. The zero-order valence-corrected chi connectivity index (χ0v) is 22.7. The van der Waals surface area contributed by atoms with Gasteiger partial charge in [-0.25, -0.2) is 4.39 Å². The van der Waals surface area contributed by atoms with Crippen molar-refractivity contribution in [1.29, 1.82) is 0 Å². The van der Waals surface area contributed by atoms with Gasteiger partial charge in [-0.2, -0.15) is 0 Å². The van der Waals surface area contributed by atoms with Gasteiger partial charge in [0.05, 0.1) is 5.56 Å². The number of carbonyl (C=O) groups is 2. The topological polar surface area (TPSA) is 71.1 Å². The van der Waals surface area contributed by atoms with E-state index in [1.807, 2.05) is 32.9 Å². The summed E-state index contributed by atoms with van der Waals surface area (Å²) < 4.78 is 14.8. The number of nitrogens with zero attached hydrogens (tertiary/aromatic N) is 1. The molecule has 2 rings (SSSR count). The molecule has 0 aliphatic rings. The smallest absolute Gasteiger partial charge is 0.253 e. The molecule has 0 aliphatic carbocycles. The van der Waals surface area contributed by atoms with Gasteiger partial charge in [0.1, 0.15) is 5.82 Å². The molecule has 0 atom stereocenters. The zero-order chi connectivity index (χ0) is 27.4. The number of benzene rings is 1. The van der Waals surface area contributed by atoms with E-state index in [0.717, 1.165) is 34.3 Å². The van der Waals surface area contributed by atoms with Crippen LogP contribution < -0.4 is 10.6 Å². The molecule has 2 N–H and O–H groups in total. The first-order valence-electron chi connectivity index (χ1n) is 12.3. The molecular formula is C30H35ClFN3O2. The molecule has 1 aromatic carbocycles. The zero-order valence-electron chi connectivity index (χ0n) is 22.0. The summed E-state index contributed by atoms with van der Waals surface area (Å²) in [4.78, 5) is 28.1. The Kier molecular flexibility index (Phi) is 12.0. The molecule has 5 nitrogen and oxygen atoms in total. The maximum absolute atomic E-state index is 14.8. The molecular weight excluding hydrogens is 489 g/mol. The van der Waals surface area contributed by atoms with E-state index < -0.39 is 0 Å². The summed E-state index contributed by atoms with van der Waals surface area (Å²) in [7, 11) is 0. The van der Waals surface area contributed by atoms with Gasteiger partial charge in [0.15, 0.2) is 0 Å². The molecule has 2 aromatic rings. The monoisotopic (exact) mass is 523 g/mol. The average molecular weight is 524 g/mol. The minimum atomic E-state index is -0.373. The summed E-state index contributed by atoms with van der Waals surface area (Å²) >= 11 is 6.36. The highest BCUT2D eigenvalue weighted by atomic mass is 35.5. The van der Waals surface area contributed by atoms with Crippen molar-refractivity contribution in [3.63, 3.8) is 0 Å². The van der Waals surface area contributed by atoms with Crippen molar-refractivity contribution in [2.45, 2.75) is 53.5 Å². The maximum atomic E-state index is 14.8. The summed E-state index contributed by atoms with van der Waals surface area (Å²) in [5.74, 6) is -0.803. The third kappa shape index (κ3) is 9.47. The summed E-state index contributed by atoms with van der Waals surface area (Å²) in [5.41, 5.74) is 5.15. The number of pyridine rings is 1. The van der Waals surface area contributed by atoms with Gasteiger partial charge >= 0.3 is 0 Å². The van der Waals surface area contributed by atoms with Crippen LogP contribution in [0, 0.1) is 5.82 Å². The minimum Gasteiger partial charge on any atom is -0.353 e. The molecule has 0 bridgehead atoms. The lowest BCUT2D eigenvalue weighted by atomic mass is 9.99. The van der Waals surface area contributed by atoms with Gasteiger partial charge < -0.3 is 10.6 Å². The first-order valence-corrected chi connectivity index (χ1v) is 12.6. The van der Waals surface area contributed by atoms with Gasteiger partial charge in [0.25, 0.3) is 5.91 Å². The second-order valence-corrected chi connectivity index (χ2v) is 9.20. The molecule has 0 unspecified atom stereocenters. The van der Waals surface area contributed by atoms with Crippen LogP contribution in [0.3, 0.4) is 0 Å². The van der Waals surface area contributed by atoms with Crippen LogP contribution in [0.15, 0.2) is 72.6 Å². The van der Waals surface area contributed by atoms with Gasteiger partial charge in [-0.15, -0.1) is 0 Å². The summed E-state index contributed by atoms with van der Waals surface area (Å²) in [6.07, 6.45) is 12.7. The van der Waals surface area contributed by atoms with E-state index in [0.29, 0.717) is 35.5 Å². The molecule has 0 aliphatic heterocycles. The molecule has 0 fully saturated rings. The number of rotatable bonds is 12. The summed E-state index contributed by atoms with van der Waals surface area (Å²) in [6.45, 7) is 11.6. The molecule has 1 aromatic heterocycles. The van der Waals surface area contributed by atoms with Crippen molar-refractivity contribution in [3.8, 4) is 0 Å². The fourth-order valence-corrected chi connectivity index (χ4v) is 3.82. The van der Waals surface area contributed by atoms with Crippen molar-refractivity contribution in [3.05, 3.63) is 106 Å². The normalized spacial score (nSPS) is 12.3. The standard InChI is InChI=1S/C30H35ClFN3O2/c1-6-9-24-15-29(32)25(14-27(24)28(31)8-3)19-35-30(37)26-13-23(17-33-18-26)12-22(7-2)11-10-20(4)16-34-21(5)36/h7-8,10-11,13-15,17-18H,2,6,9,12,16,19H2,1,3-5H3,(H,34,36)(H,35,37)/b20-10+,22-11+,28-8+. The molecule has 1 heterocycles. The van der Waals surface area contributed by atoms with Crippen LogP contribution in [-0.2, 0) is 24.2 Å². The van der Waals surface area contributed by atoms with E-state index in [1.54, 1.807) is 30.5 Å². The predicted octanol–water partition coefficient (Wildman–Crippen LogP) is 6.44. The number of hydrogen-bond acceptors (Lipinski definition) is 3. The summed E-state index contributed by atoms with van der Waals surface area (Å²) in [5, 5.41) is 6.10. The molecule has 7 heteroatoms. The van der Waals surface area contributed by atoms with Gasteiger partial charge in [-0.1, -0.05) is 61.4 Å².